The second-order valence-corrected chi connectivity index (χ2v) is 5.41. The summed E-state index contributed by atoms with van der Waals surface area (Å²) in [5, 5.41) is 2.83. The fraction of sp³-hybridized carbons (Fsp3) is 0.538. The number of rotatable bonds is 7. The van der Waals surface area contributed by atoms with Gasteiger partial charge in [0.25, 0.3) is 5.91 Å². The molecule has 2 rings (SSSR count). The van der Waals surface area contributed by atoms with Crippen LogP contribution in [0.3, 0.4) is 0 Å². The number of ether oxygens (including phenoxy) is 1. The van der Waals surface area contributed by atoms with E-state index in [1.54, 1.807) is 18.3 Å². The highest BCUT2D eigenvalue weighted by Crippen LogP contribution is 2.28. The molecule has 0 saturated heterocycles. The van der Waals surface area contributed by atoms with Crippen molar-refractivity contribution in [1.82, 2.24) is 10.3 Å². The van der Waals surface area contributed by atoms with Crippen molar-refractivity contribution in [1.29, 1.82) is 0 Å². The van der Waals surface area contributed by atoms with Crippen LogP contribution in [0, 0.1) is 5.92 Å². The van der Waals surface area contributed by atoms with E-state index in [0.29, 0.717) is 18.8 Å². The molecule has 0 aromatic carbocycles. The largest absolute Gasteiger partial charge is 0.381 e. The number of amides is 1. The average Bonchev–Trinajstić information content (AvgIpc) is 3.18. The molecule has 5 heteroatoms. The first-order valence-corrected chi connectivity index (χ1v) is 7.02. The molecule has 1 aromatic heterocycles. The Bertz CT molecular complexity index is 390. The minimum atomic E-state index is -0.135. The Hall–Kier alpha value is -0.940. The van der Waals surface area contributed by atoms with Crippen molar-refractivity contribution in [2.75, 3.05) is 19.8 Å². The number of carbonyl (C=O) groups excluding carboxylic acids is 1. The Morgan fingerprint density at radius 3 is 3.00 bits per heavy atom. The standard InChI is InChI=1S/C13H17BrN2O2/c14-11-4-5-12(16-8-11)13(17)15-6-1-7-18-9-10-2-3-10/h4-5,8,10H,1-3,6-7,9H2,(H,15,17). The van der Waals surface area contributed by atoms with Gasteiger partial charge in [-0.2, -0.15) is 0 Å². The zero-order valence-electron chi connectivity index (χ0n) is 10.2. The SMILES string of the molecule is O=C(NCCCOCC1CC1)c1ccc(Br)cn1. The van der Waals surface area contributed by atoms with Gasteiger partial charge in [0.2, 0.25) is 0 Å². The number of nitrogens with one attached hydrogen (secondary N) is 1. The fourth-order valence-corrected chi connectivity index (χ4v) is 1.75. The molecule has 0 spiro atoms. The van der Waals surface area contributed by atoms with Crippen LogP contribution in [0.25, 0.3) is 0 Å². The van der Waals surface area contributed by atoms with E-state index in [-0.39, 0.29) is 5.91 Å². The number of pyridine rings is 1. The van der Waals surface area contributed by atoms with E-state index >= 15 is 0 Å². The van der Waals surface area contributed by atoms with Crippen LogP contribution < -0.4 is 5.32 Å². The molecule has 1 heterocycles. The number of hydrogen-bond donors (Lipinski definition) is 1. The van der Waals surface area contributed by atoms with Gasteiger partial charge in [0, 0.05) is 30.4 Å². The number of hydrogen-bond acceptors (Lipinski definition) is 3. The molecule has 1 aromatic rings. The molecule has 4 nitrogen and oxygen atoms in total. The molecule has 0 bridgehead atoms. The molecule has 1 amide bonds. The second kappa shape index (κ2) is 6.85. The summed E-state index contributed by atoms with van der Waals surface area (Å²) >= 11 is 3.28. The van der Waals surface area contributed by atoms with Crippen molar-refractivity contribution < 1.29 is 9.53 Å². The summed E-state index contributed by atoms with van der Waals surface area (Å²) in [4.78, 5) is 15.7. The van der Waals surface area contributed by atoms with E-state index in [2.05, 4.69) is 26.2 Å². The Kier molecular flexibility index (Phi) is 5.13. The van der Waals surface area contributed by atoms with Crippen LogP contribution in [-0.2, 0) is 4.74 Å². The van der Waals surface area contributed by atoms with Crippen molar-refractivity contribution in [2.24, 2.45) is 5.92 Å². The van der Waals surface area contributed by atoms with Crippen LogP contribution in [0.15, 0.2) is 22.8 Å². The molecule has 0 unspecified atom stereocenters. The van der Waals surface area contributed by atoms with Gasteiger partial charge in [0.1, 0.15) is 5.69 Å². The molecule has 1 aliphatic rings. The van der Waals surface area contributed by atoms with Crippen LogP contribution in [0.5, 0.6) is 0 Å². The minimum absolute atomic E-state index is 0.135. The number of nitrogens with zero attached hydrogens (tertiary/aromatic N) is 1. The second-order valence-electron chi connectivity index (χ2n) is 4.49. The lowest BCUT2D eigenvalue weighted by Gasteiger charge is -2.05. The van der Waals surface area contributed by atoms with Gasteiger partial charge in [-0.15, -0.1) is 0 Å². The molecule has 1 saturated carbocycles. The Labute approximate surface area is 115 Å². The molecular formula is C13H17BrN2O2. The van der Waals surface area contributed by atoms with E-state index in [4.69, 9.17) is 4.74 Å². The third kappa shape index (κ3) is 4.74. The molecule has 1 fully saturated rings. The Balaban J connectivity index is 1.57. The van der Waals surface area contributed by atoms with Gasteiger partial charge in [0.15, 0.2) is 0 Å². The molecule has 18 heavy (non-hydrogen) atoms. The smallest absolute Gasteiger partial charge is 0.269 e. The zero-order chi connectivity index (χ0) is 12.8. The van der Waals surface area contributed by atoms with Crippen molar-refractivity contribution >= 4 is 21.8 Å². The highest BCUT2D eigenvalue weighted by atomic mass is 79.9. The van der Waals surface area contributed by atoms with Crippen LogP contribution in [0.1, 0.15) is 29.8 Å². The third-order valence-electron chi connectivity index (χ3n) is 2.76. The first-order chi connectivity index (χ1) is 8.75. The van der Waals surface area contributed by atoms with Crippen LogP contribution in [0.4, 0.5) is 0 Å². The predicted molar refractivity (Wildman–Crippen MR) is 72.4 cm³/mol. The maximum absolute atomic E-state index is 11.7. The lowest BCUT2D eigenvalue weighted by atomic mass is 10.3. The number of aromatic nitrogens is 1. The summed E-state index contributed by atoms with van der Waals surface area (Å²) in [7, 11) is 0. The first kappa shape index (κ1) is 13.5. The first-order valence-electron chi connectivity index (χ1n) is 6.23. The quantitative estimate of drug-likeness (QED) is 0.787. The predicted octanol–water partition coefficient (Wildman–Crippen LogP) is 2.39. The summed E-state index contributed by atoms with van der Waals surface area (Å²) in [5.41, 5.74) is 0.442. The van der Waals surface area contributed by atoms with Gasteiger partial charge in [-0.1, -0.05) is 0 Å². The lowest BCUT2D eigenvalue weighted by molar-refractivity contribution is 0.0932. The maximum Gasteiger partial charge on any atom is 0.269 e. The molecule has 0 radical (unpaired) electrons. The third-order valence-corrected chi connectivity index (χ3v) is 3.23. The maximum atomic E-state index is 11.7. The van der Waals surface area contributed by atoms with Gasteiger partial charge >= 0.3 is 0 Å². The number of carbonyl (C=O) groups is 1. The van der Waals surface area contributed by atoms with Crippen molar-refractivity contribution in [3.05, 3.63) is 28.5 Å². The monoisotopic (exact) mass is 312 g/mol. The van der Waals surface area contributed by atoms with Crippen molar-refractivity contribution in [2.45, 2.75) is 19.3 Å². The van der Waals surface area contributed by atoms with Gasteiger partial charge in [-0.05, 0) is 53.2 Å². The highest BCUT2D eigenvalue weighted by Gasteiger charge is 2.20. The van der Waals surface area contributed by atoms with Crippen LogP contribution >= 0.6 is 15.9 Å². The van der Waals surface area contributed by atoms with Gasteiger partial charge in [-0.3, -0.25) is 4.79 Å². The van der Waals surface area contributed by atoms with E-state index in [9.17, 15) is 4.79 Å². The van der Waals surface area contributed by atoms with E-state index < -0.39 is 0 Å². The molecule has 98 valence electrons. The van der Waals surface area contributed by atoms with Crippen LogP contribution in [0.2, 0.25) is 0 Å². The highest BCUT2D eigenvalue weighted by molar-refractivity contribution is 9.10. The summed E-state index contributed by atoms with van der Waals surface area (Å²) in [5.74, 6) is 0.663. The molecule has 1 N–H and O–H groups in total. The van der Waals surface area contributed by atoms with E-state index in [1.807, 2.05) is 0 Å². The summed E-state index contributed by atoms with van der Waals surface area (Å²) < 4.78 is 6.36. The average molecular weight is 313 g/mol. The van der Waals surface area contributed by atoms with E-state index in [0.717, 1.165) is 23.4 Å². The van der Waals surface area contributed by atoms with Gasteiger partial charge in [0.05, 0.1) is 0 Å². The van der Waals surface area contributed by atoms with Gasteiger partial charge < -0.3 is 10.1 Å². The summed E-state index contributed by atoms with van der Waals surface area (Å²) in [6.07, 6.45) is 5.08. The molecule has 0 atom stereocenters. The molecule has 1 aliphatic carbocycles. The fourth-order valence-electron chi connectivity index (χ4n) is 1.51. The number of halogens is 1. The van der Waals surface area contributed by atoms with Gasteiger partial charge in [-0.25, -0.2) is 4.98 Å². The Morgan fingerprint density at radius 1 is 1.50 bits per heavy atom. The molecule has 0 aliphatic heterocycles. The Morgan fingerprint density at radius 2 is 2.33 bits per heavy atom. The lowest BCUT2D eigenvalue weighted by Crippen LogP contribution is -2.26. The minimum Gasteiger partial charge on any atom is -0.381 e. The zero-order valence-corrected chi connectivity index (χ0v) is 11.8. The topological polar surface area (TPSA) is 51.2 Å². The van der Waals surface area contributed by atoms with Crippen molar-refractivity contribution in [3.63, 3.8) is 0 Å². The van der Waals surface area contributed by atoms with Crippen molar-refractivity contribution in [3.8, 4) is 0 Å². The molecular weight excluding hydrogens is 296 g/mol. The normalized spacial score (nSPS) is 14.5. The van der Waals surface area contributed by atoms with Crippen LogP contribution in [-0.4, -0.2) is 30.6 Å². The van der Waals surface area contributed by atoms with E-state index in [1.165, 1.54) is 12.8 Å². The summed E-state index contributed by atoms with van der Waals surface area (Å²) in [6, 6.07) is 3.50. The summed E-state index contributed by atoms with van der Waals surface area (Å²) in [6.45, 7) is 2.22.